The van der Waals surface area contributed by atoms with Gasteiger partial charge in [0, 0.05) is 17.7 Å². The van der Waals surface area contributed by atoms with Gasteiger partial charge in [0.15, 0.2) is 0 Å². The van der Waals surface area contributed by atoms with Crippen molar-refractivity contribution in [1.82, 2.24) is 9.55 Å². The second-order valence-electron chi connectivity index (χ2n) is 8.35. The zero-order valence-corrected chi connectivity index (χ0v) is 20.7. The Morgan fingerprint density at radius 2 is 1.84 bits per heavy atom. The summed E-state index contributed by atoms with van der Waals surface area (Å²) in [4.78, 5) is 42.2. The van der Waals surface area contributed by atoms with E-state index < -0.39 is 22.2 Å². The number of nitro groups is 1. The molecule has 2 heterocycles. The van der Waals surface area contributed by atoms with E-state index in [-0.39, 0.29) is 33.9 Å². The monoisotopic (exact) mass is 530 g/mol. The molecule has 0 spiro atoms. The summed E-state index contributed by atoms with van der Waals surface area (Å²) in [6.45, 7) is 1.62. The molecule has 0 saturated heterocycles. The Balaban J connectivity index is 1.45. The molecule has 1 amide bonds. The number of nitro benzene ring substituents is 1. The van der Waals surface area contributed by atoms with Gasteiger partial charge in [0.25, 0.3) is 17.2 Å². The summed E-state index contributed by atoms with van der Waals surface area (Å²) in [5, 5.41) is 14.4. The van der Waals surface area contributed by atoms with Gasteiger partial charge in [-0.25, -0.2) is 9.37 Å². The van der Waals surface area contributed by atoms with Gasteiger partial charge in [0.1, 0.15) is 22.1 Å². The maximum atomic E-state index is 14.1. The summed E-state index contributed by atoms with van der Waals surface area (Å²) < 4.78 is 21.1. The van der Waals surface area contributed by atoms with Crippen LogP contribution in [0.5, 0.6) is 11.5 Å². The second-order valence-corrected chi connectivity index (χ2v) is 9.35. The van der Waals surface area contributed by atoms with E-state index in [1.165, 1.54) is 35.2 Å². The lowest BCUT2D eigenvalue weighted by molar-refractivity contribution is -0.384. The van der Waals surface area contributed by atoms with Crippen molar-refractivity contribution in [2.24, 2.45) is 0 Å². The molecule has 5 aromatic rings. The molecule has 0 fully saturated rings. The highest BCUT2D eigenvalue weighted by Gasteiger charge is 2.21. The number of nitrogens with one attached hydrogen (secondary N) is 1. The summed E-state index contributed by atoms with van der Waals surface area (Å²) in [7, 11) is 0. The number of aryl methyl sites for hydroxylation is 1. The molecule has 5 rings (SSSR count). The van der Waals surface area contributed by atoms with E-state index in [0.717, 1.165) is 11.3 Å². The van der Waals surface area contributed by atoms with Crippen LogP contribution in [0.3, 0.4) is 0 Å². The van der Waals surface area contributed by atoms with Crippen LogP contribution in [0.25, 0.3) is 10.2 Å². The van der Waals surface area contributed by atoms with E-state index in [9.17, 15) is 24.1 Å². The fourth-order valence-corrected chi connectivity index (χ4v) is 4.97. The van der Waals surface area contributed by atoms with E-state index in [1.807, 2.05) is 6.07 Å². The van der Waals surface area contributed by atoms with Gasteiger partial charge in [-0.05, 0) is 30.7 Å². The Bertz CT molecular complexity index is 1750. The van der Waals surface area contributed by atoms with E-state index in [2.05, 4.69) is 10.3 Å². The van der Waals surface area contributed by atoms with Crippen molar-refractivity contribution in [3.05, 3.63) is 121 Å². The molecular formula is C27H19FN4O5S. The van der Waals surface area contributed by atoms with E-state index in [1.54, 1.807) is 49.4 Å². The molecule has 0 aliphatic heterocycles. The number of para-hydroxylation sites is 1. The van der Waals surface area contributed by atoms with E-state index in [4.69, 9.17) is 4.74 Å². The van der Waals surface area contributed by atoms with Gasteiger partial charge < -0.3 is 10.1 Å². The number of halogens is 1. The molecule has 11 heteroatoms. The van der Waals surface area contributed by atoms with Crippen molar-refractivity contribution in [2.45, 2.75) is 13.5 Å². The third-order valence-corrected chi connectivity index (χ3v) is 6.96. The molecule has 190 valence electrons. The zero-order valence-electron chi connectivity index (χ0n) is 19.9. The fraction of sp³-hybridized carbons (Fsp3) is 0.0741. The number of carbonyl (C=O) groups excluding carboxylic acids is 1. The number of anilines is 1. The van der Waals surface area contributed by atoms with Crippen molar-refractivity contribution in [3.63, 3.8) is 0 Å². The van der Waals surface area contributed by atoms with E-state index >= 15 is 0 Å². The summed E-state index contributed by atoms with van der Waals surface area (Å²) >= 11 is 1.03. The Morgan fingerprint density at radius 1 is 1.11 bits per heavy atom. The molecule has 0 radical (unpaired) electrons. The van der Waals surface area contributed by atoms with Crippen molar-refractivity contribution >= 4 is 38.8 Å². The number of nitrogens with zero attached hydrogens (tertiary/aromatic N) is 3. The first-order valence-corrected chi connectivity index (χ1v) is 12.2. The van der Waals surface area contributed by atoms with Crippen LogP contribution in [0.4, 0.5) is 15.8 Å². The molecule has 2 aromatic heterocycles. The summed E-state index contributed by atoms with van der Waals surface area (Å²) in [6, 6.07) is 18.8. The van der Waals surface area contributed by atoms with Crippen LogP contribution >= 0.6 is 11.3 Å². The highest BCUT2D eigenvalue weighted by molar-refractivity contribution is 7.20. The van der Waals surface area contributed by atoms with Crippen molar-refractivity contribution in [2.75, 3.05) is 5.32 Å². The number of thiophene rings is 1. The topological polar surface area (TPSA) is 116 Å². The van der Waals surface area contributed by atoms with Crippen LogP contribution in [0.1, 0.15) is 20.8 Å². The van der Waals surface area contributed by atoms with Crippen LogP contribution in [0.15, 0.2) is 83.9 Å². The molecule has 0 bridgehead atoms. The number of aromatic nitrogens is 2. The minimum atomic E-state index is -0.583. The standard InChI is InChI=1S/C27H19FN4O5S/c1-16-23-26(29-15-31(27(23)34)14-17-7-5-6-10-22(17)28)38-24(16)25(33)30-18-11-19(32(35)36)13-21(12-18)37-20-8-3-2-4-9-20/h2-13,15H,14H2,1H3,(H,30,33). The highest BCUT2D eigenvalue weighted by atomic mass is 32.1. The molecule has 9 nitrogen and oxygen atoms in total. The first kappa shape index (κ1) is 24.8. The first-order valence-electron chi connectivity index (χ1n) is 11.4. The number of non-ortho nitro benzene ring substituents is 1. The maximum Gasteiger partial charge on any atom is 0.275 e. The number of amides is 1. The number of benzene rings is 3. The van der Waals surface area contributed by atoms with Crippen molar-refractivity contribution < 1.29 is 18.8 Å². The highest BCUT2D eigenvalue weighted by Crippen LogP contribution is 2.32. The average Bonchev–Trinajstić information content (AvgIpc) is 3.24. The summed E-state index contributed by atoms with van der Waals surface area (Å²) in [6.07, 6.45) is 1.32. The third kappa shape index (κ3) is 5.00. The normalized spacial score (nSPS) is 10.9. The predicted octanol–water partition coefficient (Wildman–Crippen LogP) is 5.91. The Labute approximate surface area is 218 Å². The van der Waals surface area contributed by atoms with Gasteiger partial charge in [-0.3, -0.25) is 24.3 Å². The molecule has 0 aliphatic rings. The Morgan fingerprint density at radius 3 is 2.58 bits per heavy atom. The van der Waals surface area contributed by atoms with Gasteiger partial charge in [0.05, 0.1) is 39.8 Å². The number of carbonyl (C=O) groups is 1. The van der Waals surface area contributed by atoms with Gasteiger partial charge in [0.2, 0.25) is 0 Å². The van der Waals surface area contributed by atoms with Gasteiger partial charge in [-0.15, -0.1) is 11.3 Å². The molecule has 0 saturated carbocycles. The smallest absolute Gasteiger partial charge is 0.275 e. The van der Waals surface area contributed by atoms with Crippen molar-refractivity contribution in [1.29, 1.82) is 0 Å². The lowest BCUT2D eigenvalue weighted by Gasteiger charge is -2.09. The molecule has 38 heavy (non-hydrogen) atoms. The molecular weight excluding hydrogens is 511 g/mol. The minimum Gasteiger partial charge on any atom is -0.457 e. The number of rotatable bonds is 7. The maximum absolute atomic E-state index is 14.1. The zero-order chi connectivity index (χ0) is 26.8. The second kappa shape index (κ2) is 10.2. The number of fused-ring (bicyclic) bond motifs is 1. The van der Waals surface area contributed by atoms with E-state index in [0.29, 0.717) is 21.7 Å². The minimum absolute atomic E-state index is 0.0108. The fourth-order valence-electron chi connectivity index (χ4n) is 3.93. The molecule has 0 aliphatic carbocycles. The number of hydrogen-bond acceptors (Lipinski definition) is 7. The Hall–Kier alpha value is -4.90. The molecule has 1 N–H and O–H groups in total. The SMILES string of the molecule is Cc1c(C(=O)Nc2cc(Oc3ccccc3)cc([N+](=O)[O-])c2)sc2ncn(Cc3ccccc3F)c(=O)c12. The molecule has 3 aromatic carbocycles. The van der Waals surface area contributed by atoms with Crippen molar-refractivity contribution in [3.8, 4) is 11.5 Å². The van der Waals surface area contributed by atoms with Gasteiger partial charge in [-0.1, -0.05) is 36.4 Å². The quantitative estimate of drug-likeness (QED) is 0.207. The van der Waals surface area contributed by atoms with Crippen LogP contribution in [0.2, 0.25) is 0 Å². The predicted molar refractivity (Wildman–Crippen MR) is 142 cm³/mol. The molecule has 0 unspecified atom stereocenters. The van der Waals surface area contributed by atoms with Crippen LogP contribution in [-0.4, -0.2) is 20.4 Å². The molecule has 0 atom stereocenters. The van der Waals surface area contributed by atoms with Gasteiger partial charge >= 0.3 is 0 Å². The van der Waals surface area contributed by atoms with Crippen LogP contribution in [0, 0.1) is 22.9 Å². The number of ether oxygens (including phenoxy) is 1. The summed E-state index contributed by atoms with van der Waals surface area (Å²) in [5.41, 5.74) is 0.228. The lowest BCUT2D eigenvalue weighted by atomic mass is 10.2. The largest absolute Gasteiger partial charge is 0.457 e. The van der Waals surface area contributed by atoms with Crippen LogP contribution < -0.4 is 15.6 Å². The third-order valence-electron chi connectivity index (χ3n) is 5.76. The summed E-state index contributed by atoms with van der Waals surface area (Å²) in [5.74, 6) is -0.347. The first-order chi connectivity index (χ1) is 18.3. The average molecular weight is 531 g/mol. The Kier molecular flexibility index (Phi) is 6.67. The number of hydrogen-bond donors (Lipinski definition) is 1. The lowest BCUT2D eigenvalue weighted by Crippen LogP contribution is -2.21. The van der Waals surface area contributed by atoms with Crippen LogP contribution in [-0.2, 0) is 6.54 Å². The van der Waals surface area contributed by atoms with Gasteiger partial charge in [-0.2, -0.15) is 0 Å².